The van der Waals surface area contributed by atoms with Gasteiger partial charge in [0.2, 0.25) is 0 Å². The Labute approximate surface area is 122 Å². The molecule has 1 aliphatic rings. The van der Waals surface area contributed by atoms with Crippen molar-refractivity contribution in [2.45, 2.75) is 0 Å². The van der Waals surface area contributed by atoms with Gasteiger partial charge in [0.05, 0.1) is 22.8 Å². The summed E-state index contributed by atoms with van der Waals surface area (Å²) in [5.41, 5.74) is 0.809. The maximum absolute atomic E-state index is 11.5. The Balaban J connectivity index is 2.08. The zero-order chi connectivity index (χ0) is 15.0. The van der Waals surface area contributed by atoms with Crippen LogP contribution in [0.4, 0.5) is 5.69 Å². The van der Waals surface area contributed by atoms with Gasteiger partial charge in [-0.2, -0.15) is 0 Å². The SMILES string of the molecule is O=C(O)c1cc2ccccc2cc1N1CCS(=O)(=O)CC1. The van der Waals surface area contributed by atoms with Gasteiger partial charge in [-0.05, 0) is 22.9 Å². The number of nitrogens with zero attached hydrogens (tertiary/aromatic N) is 1. The van der Waals surface area contributed by atoms with E-state index in [0.717, 1.165) is 10.8 Å². The molecule has 0 bridgehead atoms. The van der Waals surface area contributed by atoms with E-state index in [0.29, 0.717) is 18.8 Å². The average Bonchev–Trinajstić information content (AvgIpc) is 2.46. The maximum Gasteiger partial charge on any atom is 0.337 e. The van der Waals surface area contributed by atoms with Crippen molar-refractivity contribution in [2.75, 3.05) is 29.5 Å². The van der Waals surface area contributed by atoms with Gasteiger partial charge in [-0.1, -0.05) is 24.3 Å². The number of hydrogen-bond donors (Lipinski definition) is 1. The lowest BCUT2D eigenvalue weighted by molar-refractivity contribution is 0.0697. The molecule has 1 N–H and O–H groups in total. The van der Waals surface area contributed by atoms with Crippen LogP contribution in [-0.2, 0) is 9.84 Å². The molecule has 0 aliphatic carbocycles. The molecule has 1 fully saturated rings. The molecule has 0 spiro atoms. The van der Waals surface area contributed by atoms with Crippen molar-refractivity contribution in [1.29, 1.82) is 0 Å². The Morgan fingerprint density at radius 1 is 1.05 bits per heavy atom. The minimum Gasteiger partial charge on any atom is -0.478 e. The van der Waals surface area contributed by atoms with E-state index in [4.69, 9.17) is 0 Å². The molecule has 1 heterocycles. The van der Waals surface area contributed by atoms with E-state index in [1.807, 2.05) is 35.2 Å². The molecule has 0 radical (unpaired) electrons. The molecule has 1 saturated heterocycles. The molecule has 2 aromatic carbocycles. The lowest BCUT2D eigenvalue weighted by atomic mass is 10.0. The standard InChI is InChI=1S/C15H15NO4S/c17-15(18)13-9-11-3-1-2-4-12(11)10-14(13)16-5-7-21(19,20)8-6-16/h1-4,9-10H,5-8H2,(H,17,18). The zero-order valence-electron chi connectivity index (χ0n) is 11.3. The van der Waals surface area contributed by atoms with Gasteiger partial charge < -0.3 is 10.0 Å². The number of sulfone groups is 1. The number of carboxylic acids is 1. The molecule has 110 valence electrons. The van der Waals surface area contributed by atoms with Gasteiger partial charge in [0.25, 0.3) is 0 Å². The normalized spacial score (nSPS) is 17.8. The number of rotatable bonds is 2. The molecular weight excluding hydrogens is 290 g/mol. The van der Waals surface area contributed by atoms with Crippen LogP contribution in [0.1, 0.15) is 10.4 Å². The van der Waals surface area contributed by atoms with Gasteiger partial charge >= 0.3 is 5.97 Å². The highest BCUT2D eigenvalue weighted by Crippen LogP contribution is 2.28. The van der Waals surface area contributed by atoms with E-state index in [2.05, 4.69) is 0 Å². The smallest absolute Gasteiger partial charge is 0.337 e. The quantitative estimate of drug-likeness (QED) is 0.915. The van der Waals surface area contributed by atoms with Gasteiger partial charge in [-0.15, -0.1) is 0 Å². The number of benzene rings is 2. The summed E-state index contributed by atoms with van der Waals surface area (Å²) in [5.74, 6) is -0.859. The van der Waals surface area contributed by atoms with Crippen molar-refractivity contribution in [1.82, 2.24) is 0 Å². The summed E-state index contributed by atoms with van der Waals surface area (Å²) in [7, 11) is -2.99. The van der Waals surface area contributed by atoms with Crippen LogP contribution < -0.4 is 4.90 Å². The third-order valence-electron chi connectivity index (χ3n) is 3.78. The highest BCUT2D eigenvalue weighted by atomic mass is 32.2. The molecular formula is C15H15NO4S. The van der Waals surface area contributed by atoms with E-state index < -0.39 is 15.8 Å². The Morgan fingerprint density at radius 2 is 1.62 bits per heavy atom. The molecule has 3 rings (SSSR count). The van der Waals surface area contributed by atoms with Crippen LogP contribution in [0.25, 0.3) is 10.8 Å². The fraction of sp³-hybridized carbons (Fsp3) is 0.267. The second kappa shape index (κ2) is 5.04. The summed E-state index contributed by atoms with van der Waals surface area (Å²) in [6.45, 7) is 0.669. The van der Waals surface area contributed by atoms with Crippen LogP contribution >= 0.6 is 0 Å². The number of carbonyl (C=O) groups is 1. The first-order valence-electron chi connectivity index (χ1n) is 6.68. The topological polar surface area (TPSA) is 74.7 Å². The monoisotopic (exact) mass is 305 g/mol. The average molecular weight is 305 g/mol. The maximum atomic E-state index is 11.5. The van der Waals surface area contributed by atoms with Crippen LogP contribution in [0.3, 0.4) is 0 Å². The summed E-state index contributed by atoms with van der Waals surface area (Å²) in [6, 6.07) is 11.0. The third kappa shape index (κ3) is 2.71. The van der Waals surface area contributed by atoms with Gasteiger partial charge in [-0.25, -0.2) is 13.2 Å². The second-order valence-electron chi connectivity index (χ2n) is 5.16. The van der Waals surface area contributed by atoms with E-state index in [1.165, 1.54) is 0 Å². The van der Waals surface area contributed by atoms with Crippen LogP contribution in [-0.4, -0.2) is 44.1 Å². The largest absolute Gasteiger partial charge is 0.478 e. The molecule has 0 unspecified atom stereocenters. The summed E-state index contributed by atoms with van der Waals surface area (Å²) in [4.78, 5) is 13.3. The summed E-state index contributed by atoms with van der Waals surface area (Å²) in [6.07, 6.45) is 0. The number of aromatic carboxylic acids is 1. The fourth-order valence-electron chi connectivity index (χ4n) is 2.61. The van der Waals surface area contributed by atoms with Crippen LogP contribution in [0.5, 0.6) is 0 Å². The molecule has 1 aliphatic heterocycles. The predicted octanol–water partition coefficient (Wildman–Crippen LogP) is 1.77. The van der Waals surface area contributed by atoms with Crippen molar-refractivity contribution >= 4 is 32.3 Å². The molecule has 0 amide bonds. The molecule has 2 aromatic rings. The first-order valence-corrected chi connectivity index (χ1v) is 8.50. The number of carboxylic acid groups (broad SMARTS) is 1. The second-order valence-corrected chi connectivity index (χ2v) is 7.46. The lowest BCUT2D eigenvalue weighted by Gasteiger charge is -2.30. The third-order valence-corrected chi connectivity index (χ3v) is 5.39. The van der Waals surface area contributed by atoms with Gasteiger partial charge in [0.15, 0.2) is 9.84 Å². The van der Waals surface area contributed by atoms with Gasteiger partial charge in [0, 0.05) is 13.1 Å². The van der Waals surface area contributed by atoms with Crippen molar-refractivity contribution in [3.05, 3.63) is 42.0 Å². The Kier molecular flexibility index (Phi) is 3.33. The van der Waals surface area contributed by atoms with Crippen molar-refractivity contribution in [3.63, 3.8) is 0 Å². The number of anilines is 1. The number of fused-ring (bicyclic) bond motifs is 1. The van der Waals surface area contributed by atoms with E-state index in [9.17, 15) is 18.3 Å². The van der Waals surface area contributed by atoms with E-state index >= 15 is 0 Å². The number of hydrogen-bond acceptors (Lipinski definition) is 4. The van der Waals surface area contributed by atoms with Crippen LogP contribution in [0.2, 0.25) is 0 Å². The summed E-state index contributed by atoms with van der Waals surface area (Å²) >= 11 is 0. The van der Waals surface area contributed by atoms with Crippen molar-refractivity contribution < 1.29 is 18.3 Å². The Morgan fingerprint density at radius 3 is 2.19 bits per heavy atom. The van der Waals surface area contributed by atoms with E-state index in [-0.39, 0.29) is 17.1 Å². The highest BCUT2D eigenvalue weighted by Gasteiger charge is 2.25. The molecule has 0 atom stereocenters. The Hall–Kier alpha value is -2.08. The molecule has 0 aromatic heterocycles. The molecule has 6 heteroatoms. The van der Waals surface area contributed by atoms with Gasteiger partial charge in [-0.3, -0.25) is 0 Å². The summed E-state index contributed by atoms with van der Waals surface area (Å²) in [5, 5.41) is 11.2. The predicted molar refractivity (Wildman–Crippen MR) is 81.8 cm³/mol. The van der Waals surface area contributed by atoms with Gasteiger partial charge in [0.1, 0.15) is 0 Å². The highest BCUT2D eigenvalue weighted by molar-refractivity contribution is 7.91. The van der Waals surface area contributed by atoms with E-state index in [1.54, 1.807) is 6.07 Å². The Bertz CT molecular complexity index is 800. The summed E-state index contributed by atoms with van der Waals surface area (Å²) < 4.78 is 23.0. The molecule has 5 nitrogen and oxygen atoms in total. The lowest BCUT2D eigenvalue weighted by Crippen LogP contribution is -2.40. The van der Waals surface area contributed by atoms with Crippen LogP contribution in [0, 0.1) is 0 Å². The minimum atomic E-state index is -2.99. The van der Waals surface area contributed by atoms with Crippen molar-refractivity contribution in [3.8, 4) is 0 Å². The minimum absolute atomic E-state index is 0.0683. The zero-order valence-corrected chi connectivity index (χ0v) is 12.1. The first-order chi connectivity index (χ1) is 9.96. The molecule has 0 saturated carbocycles. The molecule has 21 heavy (non-hydrogen) atoms. The fourth-order valence-corrected chi connectivity index (χ4v) is 3.82. The van der Waals surface area contributed by atoms with Crippen molar-refractivity contribution in [2.24, 2.45) is 0 Å². The van der Waals surface area contributed by atoms with Crippen LogP contribution in [0.15, 0.2) is 36.4 Å². The first kappa shape index (κ1) is 13.9.